The van der Waals surface area contributed by atoms with E-state index in [-0.39, 0.29) is 18.0 Å². The molecule has 2 aromatic carbocycles. The Morgan fingerprint density at radius 3 is 2.54 bits per heavy atom. The van der Waals surface area contributed by atoms with Crippen molar-refractivity contribution in [1.29, 1.82) is 5.41 Å². The van der Waals surface area contributed by atoms with Gasteiger partial charge in [-0.15, -0.1) is 0 Å². The summed E-state index contributed by atoms with van der Waals surface area (Å²) in [7, 11) is 0. The number of carbonyl (C=O) groups excluding carboxylic acids is 1. The standard InChI is InChI=1S/C22H20N4O2/c1-13-6-8-15(9-7-13)21-24-20(18(23)12-27)17-11-19(28)26(22(17)25-21)16-5-3-4-14(2)10-16/h3-10,23,27H,11-12H2,1-2H3. The van der Waals surface area contributed by atoms with Crippen LogP contribution >= 0.6 is 0 Å². The summed E-state index contributed by atoms with van der Waals surface area (Å²) in [5, 5.41) is 17.7. The van der Waals surface area contributed by atoms with E-state index >= 15 is 0 Å². The van der Waals surface area contributed by atoms with Crippen LogP contribution in [0.3, 0.4) is 0 Å². The summed E-state index contributed by atoms with van der Waals surface area (Å²) >= 11 is 0. The van der Waals surface area contributed by atoms with Gasteiger partial charge in [0.15, 0.2) is 5.82 Å². The number of fused-ring (bicyclic) bond motifs is 1. The fourth-order valence-corrected chi connectivity index (χ4v) is 3.36. The van der Waals surface area contributed by atoms with Crippen LogP contribution in [0, 0.1) is 19.3 Å². The van der Waals surface area contributed by atoms with Crippen LogP contribution in [0.2, 0.25) is 0 Å². The molecule has 3 aromatic rings. The van der Waals surface area contributed by atoms with E-state index < -0.39 is 6.61 Å². The fourth-order valence-electron chi connectivity index (χ4n) is 3.36. The van der Waals surface area contributed by atoms with Gasteiger partial charge in [-0.25, -0.2) is 9.97 Å². The van der Waals surface area contributed by atoms with Crippen molar-refractivity contribution in [2.24, 2.45) is 0 Å². The molecule has 0 spiro atoms. The second-order valence-corrected chi connectivity index (χ2v) is 6.95. The lowest BCUT2D eigenvalue weighted by Gasteiger charge is -2.18. The van der Waals surface area contributed by atoms with E-state index in [9.17, 15) is 9.90 Å². The van der Waals surface area contributed by atoms with E-state index in [0.717, 1.165) is 22.4 Å². The number of rotatable bonds is 4. The average Bonchev–Trinajstić information content (AvgIpc) is 3.03. The van der Waals surface area contributed by atoms with Crippen LogP contribution in [0.1, 0.15) is 22.4 Å². The second kappa shape index (κ2) is 6.98. The van der Waals surface area contributed by atoms with E-state index in [0.29, 0.717) is 22.9 Å². The SMILES string of the molecule is Cc1ccc(-c2nc(C(=N)CO)c3c(n2)N(c2cccc(C)c2)C(=O)C3)cc1. The van der Waals surface area contributed by atoms with Crippen LogP contribution in [0.4, 0.5) is 11.5 Å². The number of benzene rings is 2. The summed E-state index contributed by atoms with van der Waals surface area (Å²) in [5.74, 6) is 0.789. The molecule has 0 unspecified atom stereocenters. The highest BCUT2D eigenvalue weighted by Gasteiger charge is 2.34. The molecular formula is C22H20N4O2. The molecule has 0 fully saturated rings. The first kappa shape index (κ1) is 18.0. The van der Waals surface area contributed by atoms with Gasteiger partial charge in [0.25, 0.3) is 0 Å². The normalized spacial score (nSPS) is 13.0. The van der Waals surface area contributed by atoms with E-state index in [1.165, 1.54) is 0 Å². The number of aromatic nitrogens is 2. The van der Waals surface area contributed by atoms with Crippen molar-refractivity contribution >= 4 is 23.1 Å². The van der Waals surface area contributed by atoms with Gasteiger partial charge in [0.05, 0.1) is 30.1 Å². The molecule has 6 heteroatoms. The Morgan fingerprint density at radius 1 is 1.11 bits per heavy atom. The van der Waals surface area contributed by atoms with Gasteiger partial charge < -0.3 is 10.5 Å². The highest BCUT2D eigenvalue weighted by Crippen LogP contribution is 2.37. The number of carbonyl (C=O) groups is 1. The second-order valence-electron chi connectivity index (χ2n) is 6.95. The lowest BCUT2D eigenvalue weighted by molar-refractivity contribution is -0.116. The van der Waals surface area contributed by atoms with Crippen LogP contribution < -0.4 is 4.90 Å². The van der Waals surface area contributed by atoms with Gasteiger partial charge in [0.2, 0.25) is 5.91 Å². The molecule has 0 bridgehead atoms. The van der Waals surface area contributed by atoms with Crippen LogP contribution in [0.25, 0.3) is 11.4 Å². The molecule has 0 aliphatic carbocycles. The summed E-state index contributed by atoms with van der Waals surface area (Å²) in [6.45, 7) is 3.52. The van der Waals surface area contributed by atoms with Gasteiger partial charge >= 0.3 is 0 Å². The Bertz CT molecular complexity index is 1090. The molecular weight excluding hydrogens is 352 g/mol. The highest BCUT2D eigenvalue weighted by atomic mass is 16.3. The molecule has 4 rings (SSSR count). The number of hydrogen-bond acceptors (Lipinski definition) is 5. The monoisotopic (exact) mass is 372 g/mol. The molecule has 1 amide bonds. The van der Waals surface area contributed by atoms with Crippen molar-refractivity contribution < 1.29 is 9.90 Å². The molecule has 2 heterocycles. The van der Waals surface area contributed by atoms with Crippen LogP contribution in [0.15, 0.2) is 48.5 Å². The quantitative estimate of drug-likeness (QED) is 0.687. The van der Waals surface area contributed by atoms with Crippen LogP contribution in [-0.4, -0.2) is 33.3 Å². The third-order valence-corrected chi connectivity index (χ3v) is 4.79. The molecule has 28 heavy (non-hydrogen) atoms. The number of aliphatic hydroxyl groups excluding tert-OH is 1. The number of anilines is 2. The Morgan fingerprint density at radius 2 is 1.86 bits per heavy atom. The summed E-state index contributed by atoms with van der Waals surface area (Å²) in [6.07, 6.45) is 0.106. The van der Waals surface area contributed by atoms with Gasteiger partial charge in [-0.2, -0.15) is 0 Å². The van der Waals surface area contributed by atoms with Gasteiger partial charge in [-0.05, 0) is 31.5 Å². The Balaban J connectivity index is 1.93. The molecule has 6 nitrogen and oxygen atoms in total. The smallest absolute Gasteiger partial charge is 0.237 e. The van der Waals surface area contributed by atoms with Crippen LogP contribution in [0.5, 0.6) is 0 Å². The third kappa shape index (κ3) is 3.08. The Labute approximate surface area is 163 Å². The van der Waals surface area contributed by atoms with Gasteiger partial charge in [0.1, 0.15) is 5.82 Å². The van der Waals surface area contributed by atoms with Crippen molar-refractivity contribution in [1.82, 2.24) is 9.97 Å². The van der Waals surface area contributed by atoms with Crippen molar-refractivity contribution in [2.75, 3.05) is 11.5 Å². The first-order valence-corrected chi connectivity index (χ1v) is 9.04. The van der Waals surface area contributed by atoms with Gasteiger partial charge in [-0.1, -0.05) is 42.0 Å². The zero-order valence-corrected chi connectivity index (χ0v) is 15.7. The van der Waals surface area contributed by atoms with E-state index in [4.69, 9.17) is 5.41 Å². The van der Waals surface area contributed by atoms with Gasteiger partial charge in [-0.3, -0.25) is 9.69 Å². The molecule has 1 aromatic heterocycles. The maximum Gasteiger partial charge on any atom is 0.237 e. The lowest BCUT2D eigenvalue weighted by Crippen LogP contribution is -2.21. The predicted molar refractivity (Wildman–Crippen MR) is 108 cm³/mol. The Kier molecular flexibility index (Phi) is 4.49. The predicted octanol–water partition coefficient (Wildman–Crippen LogP) is 3.34. The lowest BCUT2D eigenvalue weighted by atomic mass is 10.1. The summed E-state index contributed by atoms with van der Waals surface area (Å²) in [6, 6.07) is 15.4. The van der Waals surface area contributed by atoms with Crippen LogP contribution in [-0.2, 0) is 11.2 Å². The van der Waals surface area contributed by atoms with Gasteiger partial charge in [0, 0.05) is 11.1 Å². The number of nitrogens with one attached hydrogen (secondary N) is 1. The first-order valence-electron chi connectivity index (χ1n) is 9.04. The highest BCUT2D eigenvalue weighted by molar-refractivity contribution is 6.10. The van der Waals surface area contributed by atoms with Crippen molar-refractivity contribution in [3.63, 3.8) is 0 Å². The zero-order valence-electron chi connectivity index (χ0n) is 15.7. The largest absolute Gasteiger partial charge is 0.390 e. The summed E-state index contributed by atoms with van der Waals surface area (Å²) < 4.78 is 0. The topological polar surface area (TPSA) is 90.2 Å². The molecule has 2 N–H and O–H groups in total. The zero-order chi connectivity index (χ0) is 19.8. The number of hydrogen-bond donors (Lipinski definition) is 2. The maximum absolute atomic E-state index is 12.8. The van der Waals surface area contributed by atoms with E-state index in [1.54, 1.807) is 4.90 Å². The molecule has 1 aliphatic rings. The average molecular weight is 372 g/mol. The van der Waals surface area contributed by atoms with E-state index in [2.05, 4.69) is 9.97 Å². The number of aliphatic hydroxyl groups is 1. The van der Waals surface area contributed by atoms with E-state index in [1.807, 2.05) is 62.4 Å². The first-order chi connectivity index (χ1) is 13.5. The summed E-state index contributed by atoms with van der Waals surface area (Å²) in [5.41, 5.74) is 4.57. The van der Waals surface area contributed by atoms with Crippen molar-refractivity contribution in [2.45, 2.75) is 20.3 Å². The maximum atomic E-state index is 12.8. The molecule has 140 valence electrons. The van der Waals surface area contributed by atoms with Crippen molar-refractivity contribution in [3.8, 4) is 11.4 Å². The summed E-state index contributed by atoms with van der Waals surface area (Å²) in [4.78, 5) is 23.6. The molecule has 0 saturated carbocycles. The number of aryl methyl sites for hydroxylation is 2. The molecule has 1 aliphatic heterocycles. The minimum absolute atomic E-state index is 0.0223. The Hall–Kier alpha value is -3.38. The van der Waals surface area contributed by atoms with Crippen molar-refractivity contribution in [3.05, 3.63) is 70.9 Å². The number of amides is 1. The third-order valence-electron chi connectivity index (χ3n) is 4.79. The minimum Gasteiger partial charge on any atom is -0.390 e. The number of nitrogens with zero attached hydrogens (tertiary/aromatic N) is 3. The molecule has 0 radical (unpaired) electrons. The minimum atomic E-state index is -0.449. The molecule has 0 saturated heterocycles. The fraction of sp³-hybridized carbons (Fsp3) is 0.182. The molecule has 0 atom stereocenters.